The lowest BCUT2D eigenvalue weighted by atomic mass is 10.1. The summed E-state index contributed by atoms with van der Waals surface area (Å²) in [6.07, 6.45) is 5.75. The minimum absolute atomic E-state index is 0.159. The zero-order valence-corrected chi connectivity index (χ0v) is 12.9. The minimum atomic E-state index is -0.159. The Balaban J connectivity index is 1.88. The first kappa shape index (κ1) is 16.0. The monoisotopic (exact) mass is 315 g/mol. The Kier molecular flexibility index (Phi) is 5.98. The molecular weight excluding hydrogens is 298 g/mol. The van der Waals surface area contributed by atoms with Crippen molar-refractivity contribution in [2.75, 3.05) is 18.4 Å². The van der Waals surface area contributed by atoms with E-state index < -0.39 is 0 Å². The molecular formula is C17H18ClN3O. The first-order valence-corrected chi connectivity index (χ1v) is 7.39. The molecule has 4 nitrogen and oxygen atoms in total. The van der Waals surface area contributed by atoms with Crippen molar-refractivity contribution in [1.82, 2.24) is 10.3 Å². The number of carbonyl (C=O) groups is 1. The van der Waals surface area contributed by atoms with E-state index in [2.05, 4.69) is 22.2 Å². The molecule has 2 aromatic rings. The van der Waals surface area contributed by atoms with Crippen molar-refractivity contribution in [3.8, 4) is 0 Å². The molecule has 2 rings (SSSR count). The summed E-state index contributed by atoms with van der Waals surface area (Å²) in [6, 6.07) is 9.54. The van der Waals surface area contributed by atoms with Crippen LogP contribution in [0.25, 0.3) is 0 Å². The zero-order chi connectivity index (χ0) is 15.8. The van der Waals surface area contributed by atoms with Gasteiger partial charge in [-0.15, -0.1) is 6.58 Å². The normalized spacial score (nSPS) is 10.0. The smallest absolute Gasteiger partial charge is 0.253 e. The van der Waals surface area contributed by atoms with Crippen LogP contribution in [0.1, 0.15) is 15.9 Å². The standard InChI is InChI=1S/C17H18ClN3O/c1-2-8-21-17(22)14-10-16(12-19-11-14)20-9-7-13-3-5-15(18)6-4-13/h2-6,10-12,20H,1,7-9H2,(H,21,22). The molecule has 0 atom stereocenters. The molecule has 0 aliphatic heterocycles. The molecule has 1 amide bonds. The number of hydrogen-bond donors (Lipinski definition) is 2. The number of carbonyl (C=O) groups excluding carboxylic acids is 1. The number of anilines is 1. The number of benzene rings is 1. The third-order valence-electron chi connectivity index (χ3n) is 3.06. The number of pyridine rings is 1. The molecule has 1 aromatic carbocycles. The largest absolute Gasteiger partial charge is 0.383 e. The van der Waals surface area contributed by atoms with Crippen molar-refractivity contribution in [1.29, 1.82) is 0 Å². The highest BCUT2D eigenvalue weighted by molar-refractivity contribution is 6.30. The van der Waals surface area contributed by atoms with Crippen molar-refractivity contribution >= 4 is 23.2 Å². The lowest BCUT2D eigenvalue weighted by molar-refractivity contribution is 0.0957. The second-order valence-electron chi connectivity index (χ2n) is 4.76. The molecule has 22 heavy (non-hydrogen) atoms. The van der Waals surface area contributed by atoms with Gasteiger partial charge in [-0.05, 0) is 30.2 Å². The average molecular weight is 316 g/mol. The summed E-state index contributed by atoms with van der Waals surface area (Å²) in [5, 5.41) is 6.72. The third kappa shape index (κ3) is 4.90. The fourth-order valence-electron chi connectivity index (χ4n) is 1.93. The van der Waals surface area contributed by atoms with E-state index in [4.69, 9.17) is 11.6 Å². The summed E-state index contributed by atoms with van der Waals surface area (Å²) in [5.41, 5.74) is 2.54. The fraction of sp³-hybridized carbons (Fsp3) is 0.176. The maximum atomic E-state index is 11.8. The number of aromatic nitrogens is 1. The number of halogens is 1. The summed E-state index contributed by atoms with van der Waals surface area (Å²) < 4.78 is 0. The van der Waals surface area contributed by atoms with E-state index in [0.717, 1.165) is 23.7 Å². The molecule has 0 aliphatic carbocycles. The first-order chi connectivity index (χ1) is 10.7. The van der Waals surface area contributed by atoms with Crippen molar-refractivity contribution in [3.05, 3.63) is 71.5 Å². The third-order valence-corrected chi connectivity index (χ3v) is 3.32. The lowest BCUT2D eigenvalue weighted by Crippen LogP contribution is -2.23. The van der Waals surface area contributed by atoms with Crippen molar-refractivity contribution in [3.63, 3.8) is 0 Å². The van der Waals surface area contributed by atoms with Crippen LogP contribution in [0.3, 0.4) is 0 Å². The highest BCUT2D eigenvalue weighted by Crippen LogP contribution is 2.11. The first-order valence-electron chi connectivity index (χ1n) is 7.01. The maximum absolute atomic E-state index is 11.8. The summed E-state index contributed by atoms with van der Waals surface area (Å²) in [4.78, 5) is 15.9. The van der Waals surface area contributed by atoms with Gasteiger partial charge >= 0.3 is 0 Å². The molecule has 2 N–H and O–H groups in total. The van der Waals surface area contributed by atoms with Crippen molar-refractivity contribution in [2.24, 2.45) is 0 Å². The molecule has 0 unspecified atom stereocenters. The van der Waals surface area contributed by atoms with Crippen LogP contribution in [0.5, 0.6) is 0 Å². The molecule has 0 radical (unpaired) electrons. The van der Waals surface area contributed by atoms with E-state index in [1.54, 1.807) is 24.5 Å². The van der Waals surface area contributed by atoms with E-state index in [-0.39, 0.29) is 5.91 Å². The van der Waals surface area contributed by atoms with E-state index in [1.807, 2.05) is 24.3 Å². The fourth-order valence-corrected chi connectivity index (χ4v) is 2.06. The molecule has 0 aliphatic rings. The minimum Gasteiger partial charge on any atom is -0.383 e. The molecule has 0 bridgehead atoms. The van der Waals surface area contributed by atoms with E-state index in [9.17, 15) is 4.79 Å². The van der Waals surface area contributed by atoms with Gasteiger partial charge in [0.05, 0.1) is 11.3 Å². The SMILES string of the molecule is C=CCNC(=O)c1cncc(NCCc2ccc(Cl)cc2)c1. The Labute approximate surface area is 135 Å². The van der Waals surface area contributed by atoms with Crippen molar-refractivity contribution < 1.29 is 4.79 Å². The van der Waals surface area contributed by atoms with Gasteiger partial charge in [0.15, 0.2) is 0 Å². The Hall–Kier alpha value is -2.33. The molecule has 0 saturated heterocycles. The molecule has 1 aromatic heterocycles. The highest BCUT2D eigenvalue weighted by Gasteiger charge is 2.05. The quantitative estimate of drug-likeness (QED) is 0.771. The van der Waals surface area contributed by atoms with Crippen LogP contribution in [-0.4, -0.2) is 24.0 Å². The molecule has 0 spiro atoms. The van der Waals surface area contributed by atoms with Gasteiger partial charge in [0.2, 0.25) is 0 Å². The van der Waals surface area contributed by atoms with Crippen LogP contribution in [0.2, 0.25) is 5.02 Å². The van der Waals surface area contributed by atoms with Crippen LogP contribution in [0.15, 0.2) is 55.4 Å². The molecule has 114 valence electrons. The number of rotatable bonds is 7. The number of amides is 1. The van der Waals surface area contributed by atoms with Crippen LogP contribution in [0.4, 0.5) is 5.69 Å². The van der Waals surface area contributed by atoms with Crippen LogP contribution < -0.4 is 10.6 Å². The molecule has 1 heterocycles. The van der Waals surface area contributed by atoms with Gasteiger partial charge in [-0.3, -0.25) is 9.78 Å². The van der Waals surface area contributed by atoms with Gasteiger partial charge in [0, 0.05) is 30.5 Å². The Bertz CT molecular complexity index is 641. The molecule has 0 fully saturated rings. The van der Waals surface area contributed by atoms with Crippen LogP contribution >= 0.6 is 11.6 Å². The summed E-state index contributed by atoms with van der Waals surface area (Å²) in [7, 11) is 0. The summed E-state index contributed by atoms with van der Waals surface area (Å²) in [6.45, 7) is 4.76. The zero-order valence-electron chi connectivity index (χ0n) is 12.2. The highest BCUT2D eigenvalue weighted by atomic mass is 35.5. The predicted octanol–water partition coefficient (Wildman–Crippen LogP) is 3.31. The van der Waals surface area contributed by atoms with Gasteiger partial charge in [-0.25, -0.2) is 0 Å². The van der Waals surface area contributed by atoms with Crippen LogP contribution in [0, 0.1) is 0 Å². The van der Waals surface area contributed by atoms with Gasteiger partial charge in [0.25, 0.3) is 5.91 Å². The molecule has 0 saturated carbocycles. The summed E-state index contributed by atoms with van der Waals surface area (Å²) >= 11 is 5.86. The van der Waals surface area contributed by atoms with Gasteiger partial charge in [0.1, 0.15) is 0 Å². The van der Waals surface area contributed by atoms with Gasteiger partial charge in [-0.2, -0.15) is 0 Å². The Morgan fingerprint density at radius 3 is 2.77 bits per heavy atom. The Morgan fingerprint density at radius 2 is 2.05 bits per heavy atom. The number of nitrogens with zero attached hydrogens (tertiary/aromatic N) is 1. The van der Waals surface area contributed by atoms with Gasteiger partial charge < -0.3 is 10.6 Å². The second-order valence-corrected chi connectivity index (χ2v) is 5.20. The lowest BCUT2D eigenvalue weighted by Gasteiger charge is -2.08. The van der Waals surface area contributed by atoms with E-state index >= 15 is 0 Å². The topological polar surface area (TPSA) is 54.0 Å². The van der Waals surface area contributed by atoms with E-state index in [0.29, 0.717) is 12.1 Å². The average Bonchev–Trinajstić information content (AvgIpc) is 2.55. The maximum Gasteiger partial charge on any atom is 0.253 e. The number of hydrogen-bond acceptors (Lipinski definition) is 3. The number of nitrogens with one attached hydrogen (secondary N) is 2. The predicted molar refractivity (Wildman–Crippen MR) is 90.4 cm³/mol. The van der Waals surface area contributed by atoms with Gasteiger partial charge in [-0.1, -0.05) is 29.8 Å². The van der Waals surface area contributed by atoms with Crippen LogP contribution in [-0.2, 0) is 6.42 Å². The summed E-state index contributed by atoms with van der Waals surface area (Å²) in [5.74, 6) is -0.159. The second kappa shape index (κ2) is 8.20. The molecule has 5 heteroatoms. The Morgan fingerprint density at radius 1 is 1.27 bits per heavy atom. The van der Waals surface area contributed by atoms with E-state index in [1.165, 1.54) is 5.56 Å². The van der Waals surface area contributed by atoms with Crippen molar-refractivity contribution in [2.45, 2.75) is 6.42 Å².